The molecule has 36 heavy (non-hydrogen) atoms. The summed E-state index contributed by atoms with van der Waals surface area (Å²) in [5.74, 6) is -0.763. The highest BCUT2D eigenvalue weighted by atomic mass is 19.1. The number of benzene rings is 3. The van der Waals surface area contributed by atoms with E-state index in [1.807, 2.05) is 48.5 Å². The molecule has 6 nitrogen and oxygen atoms in total. The summed E-state index contributed by atoms with van der Waals surface area (Å²) in [5.41, 5.74) is 8.86. The normalized spacial score (nSPS) is 14.1. The number of nitrogens with one attached hydrogen (secondary N) is 1. The first kappa shape index (κ1) is 23.5. The monoisotopic (exact) mass is 487 g/mol. The van der Waals surface area contributed by atoms with Crippen molar-refractivity contribution in [2.75, 3.05) is 24.1 Å². The number of carbonyl (C=O) groups is 1. The molecular weight excluding hydrogens is 460 g/mol. The minimum absolute atomic E-state index is 0.0191. The quantitative estimate of drug-likeness (QED) is 0.369. The second-order valence-corrected chi connectivity index (χ2v) is 9.03. The topological polar surface area (TPSA) is 76.2 Å². The molecule has 184 valence electrons. The summed E-state index contributed by atoms with van der Waals surface area (Å²) in [6.07, 6.45) is 2.79. The minimum atomic E-state index is -0.677. The summed E-state index contributed by atoms with van der Waals surface area (Å²) in [7, 11) is 0. The highest BCUT2D eigenvalue weighted by molar-refractivity contribution is 5.97. The van der Waals surface area contributed by atoms with Crippen LogP contribution in [0, 0.1) is 17.6 Å². The summed E-state index contributed by atoms with van der Waals surface area (Å²) in [5, 5.41) is 7.36. The summed E-state index contributed by atoms with van der Waals surface area (Å²) < 4.78 is 29.6. The van der Waals surface area contributed by atoms with Gasteiger partial charge in [0.1, 0.15) is 28.7 Å². The summed E-state index contributed by atoms with van der Waals surface area (Å²) >= 11 is 0. The van der Waals surface area contributed by atoms with Crippen LogP contribution in [0.25, 0.3) is 16.9 Å². The first-order chi connectivity index (χ1) is 17.5. The van der Waals surface area contributed by atoms with Crippen LogP contribution >= 0.6 is 0 Å². The number of likely N-dealkylation sites (tertiary alicyclic amines) is 1. The molecule has 0 saturated carbocycles. The zero-order chi connectivity index (χ0) is 25.1. The van der Waals surface area contributed by atoms with Crippen molar-refractivity contribution in [3.05, 3.63) is 96.1 Å². The molecule has 2 heterocycles. The second-order valence-electron chi connectivity index (χ2n) is 9.03. The van der Waals surface area contributed by atoms with Crippen molar-refractivity contribution >= 4 is 17.5 Å². The van der Waals surface area contributed by atoms with Crippen LogP contribution in [0.15, 0.2) is 78.9 Å². The third-order valence-corrected chi connectivity index (χ3v) is 6.61. The molecule has 2 amide bonds. The standard InChI is InChI=1S/C28H27F2N5O/c29-22-11-12-23(30)24(18-22)35-27(31)26(25(33-35)21-9-5-2-6-10-21)32-28(36)34-15-13-20(14-16-34)17-19-7-3-1-4-8-19/h1-12,18,20H,13-17,31H2,(H,32,36). The Kier molecular flexibility index (Phi) is 6.66. The van der Waals surface area contributed by atoms with Gasteiger partial charge < -0.3 is 16.0 Å². The molecular formula is C28H27F2N5O. The molecule has 0 bridgehead atoms. The Morgan fingerprint density at radius 1 is 0.972 bits per heavy atom. The number of nitrogen functional groups attached to an aromatic ring is 1. The number of rotatable bonds is 5. The van der Waals surface area contributed by atoms with Gasteiger partial charge in [0.2, 0.25) is 0 Å². The van der Waals surface area contributed by atoms with E-state index in [0.717, 1.165) is 42.1 Å². The van der Waals surface area contributed by atoms with Gasteiger partial charge in [0.25, 0.3) is 0 Å². The Labute approximate surface area is 208 Å². The molecule has 4 aromatic rings. The smallest absolute Gasteiger partial charge is 0.322 e. The number of nitrogens with zero attached hydrogens (tertiary/aromatic N) is 3. The van der Waals surface area contributed by atoms with E-state index in [9.17, 15) is 13.6 Å². The number of piperidine rings is 1. The molecule has 5 rings (SSSR count). The number of hydrogen-bond donors (Lipinski definition) is 2. The average molecular weight is 488 g/mol. The van der Waals surface area contributed by atoms with E-state index in [-0.39, 0.29) is 23.2 Å². The maximum atomic E-state index is 14.5. The number of hydrogen-bond acceptors (Lipinski definition) is 3. The van der Waals surface area contributed by atoms with Crippen LogP contribution in [-0.2, 0) is 6.42 Å². The SMILES string of the molecule is Nc1c(NC(=O)N2CCC(Cc3ccccc3)CC2)c(-c2ccccc2)nn1-c1cc(F)ccc1F. The Balaban J connectivity index is 1.37. The first-order valence-electron chi connectivity index (χ1n) is 12.0. The van der Waals surface area contributed by atoms with Crippen molar-refractivity contribution in [2.24, 2.45) is 5.92 Å². The van der Waals surface area contributed by atoms with Crippen molar-refractivity contribution in [3.8, 4) is 16.9 Å². The fraction of sp³-hybridized carbons (Fsp3) is 0.214. The summed E-state index contributed by atoms with van der Waals surface area (Å²) in [6, 6.07) is 22.3. The van der Waals surface area contributed by atoms with Crippen molar-refractivity contribution in [1.29, 1.82) is 0 Å². The predicted octanol–water partition coefficient (Wildman–Crippen LogP) is 5.89. The molecule has 0 spiro atoms. The second kappa shape index (κ2) is 10.2. The summed E-state index contributed by atoms with van der Waals surface area (Å²) in [4.78, 5) is 15.0. The van der Waals surface area contributed by atoms with Gasteiger partial charge in [-0.2, -0.15) is 5.10 Å². The molecule has 3 N–H and O–H groups in total. The van der Waals surface area contributed by atoms with E-state index in [0.29, 0.717) is 30.3 Å². The lowest BCUT2D eigenvalue weighted by molar-refractivity contribution is 0.182. The molecule has 0 aliphatic carbocycles. The number of nitrogens with two attached hydrogens (primary N) is 1. The van der Waals surface area contributed by atoms with Crippen LogP contribution in [0.2, 0.25) is 0 Å². The van der Waals surface area contributed by atoms with Crippen molar-refractivity contribution < 1.29 is 13.6 Å². The van der Waals surface area contributed by atoms with Gasteiger partial charge in [-0.1, -0.05) is 60.7 Å². The molecule has 0 atom stereocenters. The number of urea groups is 1. The van der Waals surface area contributed by atoms with Crippen molar-refractivity contribution in [3.63, 3.8) is 0 Å². The highest BCUT2D eigenvalue weighted by Gasteiger charge is 2.27. The molecule has 3 aromatic carbocycles. The van der Waals surface area contributed by atoms with Gasteiger partial charge in [0.05, 0.1) is 0 Å². The van der Waals surface area contributed by atoms with Gasteiger partial charge in [0, 0.05) is 24.7 Å². The van der Waals surface area contributed by atoms with E-state index in [1.165, 1.54) is 5.56 Å². The molecule has 1 aromatic heterocycles. The zero-order valence-corrected chi connectivity index (χ0v) is 19.7. The van der Waals surface area contributed by atoms with Gasteiger partial charge in [-0.05, 0) is 42.9 Å². The molecule has 0 unspecified atom stereocenters. The van der Waals surface area contributed by atoms with Gasteiger partial charge in [-0.15, -0.1) is 0 Å². The lowest BCUT2D eigenvalue weighted by Crippen LogP contribution is -2.41. The number of aromatic nitrogens is 2. The molecule has 1 aliphatic rings. The van der Waals surface area contributed by atoms with Crippen LogP contribution in [-0.4, -0.2) is 33.8 Å². The third kappa shape index (κ3) is 4.93. The highest BCUT2D eigenvalue weighted by Crippen LogP contribution is 2.35. The maximum absolute atomic E-state index is 14.5. The Morgan fingerprint density at radius 3 is 2.33 bits per heavy atom. The van der Waals surface area contributed by atoms with Gasteiger partial charge in [-0.3, -0.25) is 0 Å². The minimum Gasteiger partial charge on any atom is -0.382 e. The largest absolute Gasteiger partial charge is 0.382 e. The number of anilines is 2. The molecule has 1 saturated heterocycles. The Hall–Kier alpha value is -4.20. The van der Waals surface area contributed by atoms with Crippen LogP contribution in [0.4, 0.5) is 25.1 Å². The van der Waals surface area contributed by atoms with E-state index in [1.54, 1.807) is 4.90 Å². The van der Waals surface area contributed by atoms with Crippen LogP contribution in [0.3, 0.4) is 0 Å². The average Bonchev–Trinajstić information content (AvgIpc) is 3.22. The third-order valence-electron chi connectivity index (χ3n) is 6.61. The molecule has 8 heteroatoms. The van der Waals surface area contributed by atoms with Gasteiger partial charge in [0.15, 0.2) is 5.82 Å². The zero-order valence-electron chi connectivity index (χ0n) is 19.7. The summed E-state index contributed by atoms with van der Waals surface area (Å²) in [6.45, 7) is 1.24. The van der Waals surface area contributed by atoms with E-state index < -0.39 is 11.6 Å². The Morgan fingerprint density at radius 2 is 1.64 bits per heavy atom. The molecule has 0 radical (unpaired) electrons. The van der Waals surface area contributed by atoms with Crippen molar-refractivity contribution in [2.45, 2.75) is 19.3 Å². The Bertz CT molecular complexity index is 1350. The van der Waals surface area contributed by atoms with Crippen molar-refractivity contribution in [1.82, 2.24) is 14.7 Å². The van der Waals surface area contributed by atoms with Gasteiger partial charge in [-0.25, -0.2) is 18.3 Å². The van der Waals surface area contributed by atoms with Crippen LogP contribution < -0.4 is 11.1 Å². The first-order valence-corrected chi connectivity index (χ1v) is 12.0. The van der Waals surface area contributed by atoms with E-state index in [4.69, 9.17) is 5.73 Å². The number of amides is 2. The molecule has 1 aliphatic heterocycles. The van der Waals surface area contributed by atoms with Crippen LogP contribution in [0.1, 0.15) is 18.4 Å². The fourth-order valence-electron chi connectivity index (χ4n) is 4.66. The predicted molar refractivity (Wildman–Crippen MR) is 137 cm³/mol. The van der Waals surface area contributed by atoms with E-state index in [2.05, 4.69) is 22.5 Å². The van der Waals surface area contributed by atoms with Gasteiger partial charge >= 0.3 is 6.03 Å². The lowest BCUT2D eigenvalue weighted by atomic mass is 9.90. The lowest BCUT2D eigenvalue weighted by Gasteiger charge is -2.32. The number of halogens is 2. The fourth-order valence-corrected chi connectivity index (χ4v) is 4.66. The molecule has 1 fully saturated rings. The number of carbonyl (C=O) groups excluding carboxylic acids is 1. The maximum Gasteiger partial charge on any atom is 0.322 e. The van der Waals surface area contributed by atoms with Crippen LogP contribution in [0.5, 0.6) is 0 Å². The van der Waals surface area contributed by atoms with E-state index >= 15 is 0 Å².